The summed E-state index contributed by atoms with van der Waals surface area (Å²) >= 11 is 2.17. The summed E-state index contributed by atoms with van der Waals surface area (Å²) in [5.74, 6) is 4.75. The number of carbonyl (C=O) groups is 1. The molecule has 80 valence electrons. The average molecular weight is 328 g/mol. The van der Waals surface area contributed by atoms with Crippen molar-refractivity contribution < 1.29 is 14.1 Å². The molecule has 0 aliphatic carbocycles. The molecule has 0 amide bonds. The van der Waals surface area contributed by atoms with E-state index in [1.165, 1.54) is 0 Å². The molecule has 0 aromatic rings. The minimum Gasteiger partial charge on any atom is -0.456 e. The summed E-state index contributed by atoms with van der Waals surface area (Å²) in [6.07, 6.45) is 2.38. The number of carbonyl (C=O) groups excluding carboxylic acids is 1. The van der Waals surface area contributed by atoms with Crippen molar-refractivity contribution >= 4 is 34.5 Å². The zero-order valence-corrected chi connectivity index (χ0v) is 11.3. The van der Waals surface area contributed by atoms with Gasteiger partial charge in [0.1, 0.15) is 0 Å². The third-order valence-electron chi connectivity index (χ3n) is 1.23. The highest BCUT2D eigenvalue weighted by Crippen LogP contribution is 2.21. The van der Waals surface area contributed by atoms with Crippen molar-refractivity contribution in [3.63, 3.8) is 0 Å². The van der Waals surface area contributed by atoms with Gasteiger partial charge in [-0.25, -0.2) is 4.79 Å². The first-order chi connectivity index (χ1) is 6.81. The molecule has 0 bridgehead atoms. The SMILES string of the molecule is CCCOC(=O)C#CCCCOPI. The maximum atomic E-state index is 10.9. The second kappa shape index (κ2) is 11.2. The Hall–Kier alpha value is 0.150. The third kappa shape index (κ3) is 10.2. The van der Waals surface area contributed by atoms with Gasteiger partial charge in [-0.05, 0) is 34.9 Å². The highest BCUT2D eigenvalue weighted by molar-refractivity contribution is 14.2. The topological polar surface area (TPSA) is 35.5 Å². The highest BCUT2D eigenvalue weighted by Gasteiger charge is 1.93. The molecule has 0 aromatic carbocycles. The molecule has 0 aliphatic heterocycles. The Bertz CT molecular complexity index is 210. The fraction of sp³-hybridized carbons (Fsp3) is 0.667. The summed E-state index contributed by atoms with van der Waals surface area (Å²) in [5, 5.41) is 0. The molecule has 3 nitrogen and oxygen atoms in total. The second-order valence-electron chi connectivity index (χ2n) is 2.47. The molecule has 14 heavy (non-hydrogen) atoms. The van der Waals surface area contributed by atoms with Gasteiger partial charge in [-0.2, -0.15) is 0 Å². The van der Waals surface area contributed by atoms with Crippen LogP contribution in [0.1, 0.15) is 26.2 Å². The Morgan fingerprint density at radius 3 is 2.93 bits per heavy atom. The molecule has 0 spiro atoms. The number of esters is 1. The van der Waals surface area contributed by atoms with Gasteiger partial charge in [0, 0.05) is 12.3 Å². The van der Waals surface area contributed by atoms with Gasteiger partial charge in [-0.1, -0.05) is 12.8 Å². The summed E-state index contributed by atoms with van der Waals surface area (Å²) in [5.41, 5.74) is 0. The molecule has 0 heterocycles. The van der Waals surface area contributed by atoms with E-state index in [9.17, 15) is 4.79 Å². The van der Waals surface area contributed by atoms with E-state index in [2.05, 4.69) is 33.9 Å². The fourth-order valence-electron chi connectivity index (χ4n) is 0.637. The Labute approximate surface area is 99.7 Å². The first-order valence-electron chi connectivity index (χ1n) is 4.44. The zero-order chi connectivity index (χ0) is 10.6. The second-order valence-corrected chi connectivity index (χ2v) is 4.23. The van der Waals surface area contributed by atoms with Crippen molar-refractivity contribution in [3.05, 3.63) is 0 Å². The maximum absolute atomic E-state index is 10.9. The van der Waals surface area contributed by atoms with Crippen LogP contribution < -0.4 is 0 Å². The van der Waals surface area contributed by atoms with Crippen LogP contribution in [0.4, 0.5) is 0 Å². The van der Waals surface area contributed by atoms with E-state index in [-0.39, 0.29) is 0 Å². The number of hydrogen-bond acceptors (Lipinski definition) is 3. The Kier molecular flexibility index (Phi) is 11.3. The lowest BCUT2D eigenvalue weighted by molar-refractivity contribution is -0.136. The summed E-state index contributed by atoms with van der Waals surface area (Å²) in [6, 6.07) is 0. The van der Waals surface area contributed by atoms with Crippen molar-refractivity contribution in [1.29, 1.82) is 0 Å². The van der Waals surface area contributed by atoms with Gasteiger partial charge in [0.25, 0.3) is 0 Å². The van der Waals surface area contributed by atoms with Crippen molar-refractivity contribution in [2.45, 2.75) is 26.2 Å². The highest BCUT2D eigenvalue weighted by atomic mass is 127. The molecule has 0 aromatic heterocycles. The van der Waals surface area contributed by atoms with E-state index >= 15 is 0 Å². The minimum absolute atomic E-state index is 0.427. The minimum atomic E-state index is -0.427. The fourth-order valence-corrected chi connectivity index (χ4v) is 1.52. The normalized spacial score (nSPS) is 9.86. The predicted octanol–water partition coefficient (Wildman–Crippen LogP) is 2.68. The molecule has 0 radical (unpaired) electrons. The lowest BCUT2D eigenvalue weighted by atomic mass is 10.3. The van der Waals surface area contributed by atoms with E-state index in [0.29, 0.717) is 26.1 Å². The van der Waals surface area contributed by atoms with E-state index in [4.69, 9.17) is 9.26 Å². The smallest absolute Gasteiger partial charge is 0.384 e. The van der Waals surface area contributed by atoms with Gasteiger partial charge in [-0.15, -0.1) is 0 Å². The van der Waals surface area contributed by atoms with Gasteiger partial charge in [0.2, 0.25) is 0 Å². The maximum Gasteiger partial charge on any atom is 0.384 e. The van der Waals surface area contributed by atoms with E-state index < -0.39 is 5.97 Å². The van der Waals surface area contributed by atoms with Crippen molar-refractivity contribution in [2.24, 2.45) is 0 Å². The standard InChI is InChI=1S/C9H14IO3P/c1-2-7-12-9(11)6-4-3-5-8-13-14-10/h14H,2-3,5,7-8H2,1H3. The number of halogens is 1. The Morgan fingerprint density at radius 1 is 1.50 bits per heavy atom. The monoisotopic (exact) mass is 328 g/mol. The molecule has 1 unspecified atom stereocenters. The summed E-state index contributed by atoms with van der Waals surface area (Å²) in [7, 11) is 0. The summed E-state index contributed by atoms with van der Waals surface area (Å²) in [4.78, 5) is 10.9. The van der Waals surface area contributed by atoms with Crippen molar-refractivity contribution in [1.82, 2.24) is 0 Å². The van der Waals surface area contributed by atoms with Gasteiger partial charge >= 0.3 is 5.97 Å². The zero-order valence-electron chi connectivity index (χ0n) is 8.14. The van der Waals surface area contributed by atoms with Crippen molar-refractivity contribution in [3.8, 4) is 11.8 Å². The number of unbranched alkanes of at least 4 members (excludes halogenated alkanes) is 1. The summed E-state index contributed by atoms with van der Waals surface area (Å²) in [6.45, 7) is 3.60. The summed E-state index contributed by atoms with van der Waals surface area (Å²) < 4.78 is 9.91. The van der Waals surface area contributed by atoms with Gasteiger partial charge < -0.3 is 9.26 Å². The first-order valence-corrected chi connectivity index (χ1v) is 8.46. The molecule has 0 rings (SSSR count). The van der Waals surface area contributed by atoms with Crippen LogP contribution in [-0.4, -0.2) is 19.2 Å². The molecular weight excluding hydrogens is 314 g/mol. The van der Waals surface area contributed by atoms with Crippen LogP contribution in [0.5, 0.6) is 0 Å². The van der Waals surface area contributed by atoms with Crippen molar-refractivity contribution in [2.75, 3.05) is 13.2 Å². The third-order valence-corrected chi connectivity index (χ3v) is 2.48. The average Bonchev–Trinajstić information content (AvgIpc) is 2.20. The Balaban J connectivity index is 3.36. The molecule has 5 heteroatoms. The molecule has 1 atom stereocenters. The number of hydrogen-bond donors (Lipinski definition) is 0. The number of rotatable bonds is 6. The molecular formula is C9H14IO3P. The molecule has 0 N–H and O–H groups in total. The molecule has 0 saturated heterocycles. The van der Waals surface area contributed by atoms with Gasteiger partial charge in [0.15, 0.2) is 0 Å². The van der Waals surface area contributed by atoms with Gasteiger partial charge in [0.05, 0.1) is 19.7 Å². The first kappa shape index (κ1) is 14.2. The molecule has 0 aliphatic rings. The van der Waals surface area contributed by atoms with Crippen LogP contribution in [0.25, 0.3) is 0 Å². The largest absolute Gasteiger partial charge is 0.456 e. The van der Waals surface area contributed by atoms with Crippen LogP contribution in [0.3, 0.4) is 0 Å². The number of ether oxygens (including phenoxy) is 1. The van der Waals surface area contributed by atoms with E-state index in [0.717, 1.165) is 12.8 Å². The Morgan fingerprint density at radius 2 is 2.29 bits per heavy atom. The van der Waals surface area contributed by atoms with Crippen LogP contribution in [-0.2, 0) is 14.1 Å². The van der Waals surface area contributed by atoms with Gasteiger partial charge in [-0.3, -0.25) is 0 Å². The molecule has 0 saturated carbocycles. The molecule has 0 fully saturated rings. The van der Waals surface area contributed by atoms with E-state index in [1.807, 2.05) is 6.92 Å². The quantitative estimate of drug-likeness (QED) is 0.188. The van der Waals surface area contributed by atoms with E-state index in [1.54, 1.807) is 0 Å². The van der Waals surface area contributed by atoms with Crippen LogP contribution in [0, 0.1) is 11.8 Å². The van der Waals surface area contributed by atoms with Crippen LogP contribution >= 0.6 is 28.5 Å². The van der Waals surface area contributed by atoms with Crippen LogP contribution in [0.2, 0.25) is 0 Å². The lowest BCUT2D eigenvalue weighted by Gasteiger charge is -1.95. The predicted molar refractivity (Wildman–Crippen MR) is 66.5 cm³/mol. The lowest BCUT2D eigenvalue weighted by Crippen LogP contribution is -2.01. The van der Waals surface area contributed by atoms with Crippen LogP contribution in [0.15, 0.2) is 0 Å².